The summed E-state index contributed by atoms with van der Waals surface area (Å²) in [4.78, 5) is 9.35. The van der Waals surface area contributed by atoms with Crippen LogP contribution in [-0.4, -0.2) is 11.1 Å². The Morgan fingerprint density at radius 3 is 2.25 bits per heavy atom. The van der Waals surface area contributed by atoms with Gasteiger partial charge in [0.2, 0.25) is 7.37 Å². The Hall–Kier alpha value is 0.774. The predicted molar refractivity (Wildman–Crippen MR) is 46.4 cm³/mol. The van der Waals surface area contributed by atoms with E-state index in [4.69, 9.17) is 0 Å². The summed E-state index contributed by atoms with van der Waals surface area (Å²) in [6, 6.07) is 8.75. The van der Waals surface area contributed by atoms with Gasteiger partial charge in [-0.1, -0.05) is 25.1 Å². The minimum Gasteiger partial charge on any atom is -0.341 e. The quantitative estimate of drug-likeness (QED) is 0.843. The van der Waals surface area contributed by atoms with Crippen LogP contribution in [0.5, 0.6) is 0 Å². The van der Waals surface area contributed by atoms with Gasteiger partial charge in [-0.3, -0.25) is 4.57 Å². The fourth-order valence-corrected chi connectivity index (χ4v) is 1.85. The van der Waals surface area contributed by atoms with E-state index in [0.29, 0.717) is 11.5 Å². The fraction of sp³-hybridized carbons (Fsp3) is 0.250. The first kappa shape index (κ1) is 12.8. The van der Waals surface area contributed by atoms with E-state index in [-0.39, 0.29) is 41.3 Å². The molecule has 0 amide bonds. The Kier molecular flexibility index (Phi) is 5.85. The summed E-state index contributed by atoms with van der Waals surface area (Å²) in [5.74, 6) is 0. The topological polar surface area (TPSA) is 37.3 Å². The molecule has 12 heavy (non-hydrogen) atoms. The van der Waals surface area contributed by atoms with Gasteiger partial charge < -0.3 is 4.89 Å². The molecule has 0 bridgehead atoms. The number of benzene rings is 1. The third kappa shape index (κ3) is 3.26. The van der Waals surface area contributed by atoms with Gasteiger partial charge in [0, 0.05) is 52.8 Å². The maximum atomic E-state index is 11.3. The second kappa shape index (κ2) is 5.49. The van der Waals surface area contributed by atoms with Crippen LogP contribution in [0.4, 0.5) is 0 Å². The molecule has 1 rings (SSSR count). The molecule has 2 nitrogen and oxygen atoms in total. The summed E-state index contributed by atoms with van der Waals surface area (Å²) >= 11 is 0. The van der Waals surface area contributed by atoms with Crippen molar-refractivity contribution >= 4 is 12.7 Å². The zero-order chi connectivity index (χ0) is 8.32. The molecule has 1 radical (unpaired) electrons. The SMILES string of the molecule is CCP(=O)(O)c1ccccc1.[Pr]. The average Bonchev–Trinajstić information content (AvgIpc) is 2.06. The average molecular weight is 311 g/mol. The molecule has 63 valence electrons. The van der Waals surface area contributed by atoms with E-state index in [0.717, 1.165) is 0 Å². The van der Waals surface area contributed by atoms with E-state index in [1.54, 1.807) is 31.2 Å². The van der Waals surface area contributed by atoms with Gasteiger partial charge in [0.15, 0.2) is 0 Å². The molecule has 0 saturated carbocycles. The van der Waals surface area contributed by atoms with Crippen LogP contribution < -0.4 is 5.30 Å². The van der Waals surface area contributed by atoms with Gasteiger partial charge in [0.25, 0.3) is 0 Å². The Morgan fingerprint density at radius 2 is 1.83 bits per heavy atom. The Labute approximate surface area is 106 Å². The molecule has 1 aromatic carbocycles. The van der Waals surface area contributed by atoms with E-state index in [2.05, 4.69) is 0 Å². The first-order valence-electron chi connectivity index (χ1n) is 3.54. The van der Waals surface area contributed by atoms with Gasteiger partial charge in [-0.15, -0.1) is 0 Å². The molecule has 0 aliphatic carbocycles. The maximum Gasteiger partial charge on any atom is 0.229 e. The smallest absolute Gasteiger partial charge is 0.229 e. The molecule has 4 heteroatoms. The van der Waals surface area contributed by atoms with Crippen molar-refractivity contribution in [1.29, 1.82) is 0 Å². The standard InChI is InChI=1S/C8H11O2P.Pr/c1-2-11(9,10)8-6-4-3-5-7-8;/h3-7H,2H2,1H3,(H,9,10);. The third-order valence-electron chi connectivity index (χ3n) is 1.59. The zero-order valence-electron chi connectivity index (χ0n) is 6.97. The molecule has 0 spiro atoms. The van der Waals surface area contributed by atoms with Crippen molar-refractivity contribution in [1.82, 2.24) is 0 Å². The molecular weight excluding hydrogens is 300 g/mol. The van der Waals surface area contributed by atoms with Crippen molar-refractivity contribution in [3.63, 3.8) is 0 Å². The Bertz CT molecular complexity index is 274. The fourth-order valence-electron chi connectivity index (χ4n) is 0.844. The van der Waals surface area contributed by atoms with E-state index in [1.165, 1.54) is 0 Å². The van der Waals surface area contributed by atoms with Crippen LogP contribution in [0.1, 0.15) is 6.92 Å². The maximum absolute atomic E-state index is 11.3. The van der Waals surface area contributed by atoms with Crippen LogP contribution in [0.3, 0.4) is 0 Å². The van der Waals surface area contributed by atoms with Gasteiger partial charge in [0.1, 0.15) is 0 Å². The van der Waals surface area contributed by atoms with Crippen molar-refractivity contribution in [3.8, 4) is 0 Å². The molecule has 1 atom stereocenters. The molecule has 0 aromatic heterocycles. The van der Waals surface area contributed by atoms with Crippen LogP contribution in [0.15, 0.2) is 30.3 Å². The summed E-state index contributed by atoms with van der Waals surface area (Å²) in [6.07, 6.45) is 0.303. The van der Waals surface area contributed by atoms with Gasteiger partial charge in [0.05, 0.1) is 0 Å². The van der Waals surface area contributed by atoms with Gasteiger partial charge in [-0.05, 0) is 12.1 Å². The van der Waals surface area contributed by atoms with Crippen molar-refractivity contribution in [3.05, 3.63) is 30.3 Å². The normalized spacial score (nSPS) is 14.5. The summed E-state index contributed by atoms with van der Waals surface area (Å²) in [5.41, 5.74) is 0. The van der Waals surface area contributed by atoms with Crippen LogP contribution in [0, 0.1) is 41.3 Å². The second-order valence-electron chi connectivity index (χ2n) is 2.35. The largest absolute Gasteiger partial charge is 0.341 e. The zero-order valence-corrected chi connectivity index (χ0v) is 11.6. The number of rotatable bonds is 2. The molecule has 0 fully saturated rings. The van der Waals surface area contributed by atoms with Crippen LogP contribution in [-0.2, 0) is 4.57 Å². The van der Waals surface area contributed by atoms with Crippen molar-refractivity contribution in [2.75, 3.05) is 6.16 Å². The molecular formula is C8H11O2PPr. The van der Waals surface area contributed by atoms with E-state index in [1.807, 2.05) is 6.07 Å². The predicted octanol–water partition coefficient (Wildman–Crippen LogP) is 1.60. The number of hydrogen-bond acceptors (Lipinski definition) is 1. The van der Waals surface area contributed by atoms with Gasteiger partial charge in [-0.25, -0.2) is 0 Å². The molecule has 0 heterocycles. The molecule has 0 aliphatic heterocycles. The first-order chi connectivity index (χ1) is 5.17. The van der Waals surface area contributed by atoms with E-state index < -0.39 is 7.37 Å². The van der Waals surface area contributed by atoms with Crippen molar-refractivity contribution in [2.45, 2.75) is 6.92 Å². The Morgan fingerprint density at radius 1 is 1.33 bits per heavy atom. The van der Waals surface area contributed by atoms with Crippen LogP contribution in [0.2, 0.25) is 0 Å². The summed E-state index contributed by atoms with van der Waals surface area (Å²) < 4.78 is 11.3. The molecule has 0 saturated heterocycles. The molecule has 1 N–H and O–H groups in total. The van der Waals surface area contributed by atoms with Gasteiger partial charge >= 0.3 is 0 Å². The van der Waals surface area contributed by atoms with Crippen molar-refractivity contribution < 1.29 is 50.8 Å². The van der Waals surface area contributed by atoms with E-state index >= 15 is 0 Å². The summed E-state index contributed by atoms with van der Waals surface area (Å²) in [5, 5.41) is 0.544. The Balaban J connectivity index is 0.00000121. The third-order valence-corrected chi connectivity index (χ3v) is 3.55. The molecule has 1 unspecified atom stereocenters. The minimum atomic E-state index is -3.03. The van der Waals surface area contributed by atoms with Crippen LogP contribution in [0.25, 0.3) is 0 Å². The molecule has 1 aromatic rings. The van der Waals surface area contributed by atoms with E-state index in [9.17, 15) is 9.46 Å². The van der Waals surface area contributed by atoms with Crippen LogP contribution >= 0.6 is 7.37 Å². The minimum absolute atomic E-state index is 0. The van der Waals surface area contributed by atoms with Crippen molar-refractivity contribution in [2.24, 2.45) is 0 Å². The molecule has 0 aliphatic rings. The monoisotopic (exact) mass is 311 g/mol. The second-order valence-corrected chi connectivity index (χ2v) is 4.91. The van der Waals surface area contributed by atoms with Gasteiger partial charge in [-0.2, -0.15) is 0 Å². The number of hydrogen-bond donors (Lipinski definition) is 1. The summed E-state index contributed by atoms with van der Waals surface area (Å²) in [7, 11) is -3.03. The first-order valence-corrected chi connectivity index (χ1v) is 5.39. The summed E-state index contributed by atoms with van der Waals surface area (Å²) in [6.45, 7) is 1.72.